The maximum Gasteiger partial charge on any atom is 0.123 e. The van der Waals surface area contributed by atoms with Gasteiger partial charge >= 0.3 is 0 Å². The van der Waals surface area contributed by atoms with Crippen molar-refractivity contribution in [3.63, 3.8) is 0 Å². The number of para-hydroxylation sites is 1. The predicted octanol–water partition coefficient (Wildman–Crippen LogP) is 2.73. The molecule has 0 heterocycles. The van der Waals surface area contributed by atoms with E-state index in [9.17, 15) is 0 Å². The van der Waals surface area contributed by atoms with Gasteiger partial charge < -0.3 is 15.2 Å². The van der Waals surface area contributed by atoms with Crippen LogP contribution >= 0.6 is 0 Å². The van der Waals surface area contributed by atoms with E-state index < -0.39 is 0 Å². The second-order valence-electron chi connectivity index (χ2n) is 5.40. The molecular formula is C15H25NO2. The second-order valence-corrected chi connectivity index (χ2v) is 5.40. The van der Waals surface area contributed by atoms with E-state index in [2.05, 4.69) is 19.9 Å². The van der Waals surface area contributed by atoms with Gasteiger partial charge in [-0.25, -0.2) is 0 Å². The normalized spacial score (nSPS) is 13.4. The van der Waals surface area contributed by atoms with Crippen molar-refractivity contribution in [2.24, 2.45) is 5.73 Å². The van der Waals surface area contributed by atoms with Gasteiger partial charge in [0.25, 0.3) is 0 Å². The van der Waals surface area contributed by atoms with Crippen molar-refractivity contribution in [3.05, 3.63) is 29.8 Å². The van der Waals surface area contributed by atoms with Gasteiger partial charge in [-0.3, -0.25) is 0 Å². The molecule has 0 spiro atoms. The number of ether oxygens (including phenoxy) is 2. The summed E-state index contributed by atoms with van der Waals surface area (Å²) in [7, 11) is 1.68. The van der Waals surface area contributed by atoms with Gasteiger partial charge in [-0.05, 0) is 30.4 Å². The van der Waals surface area contributed by atoms with E-state index in [4.69, 9.17) is 15.2 Å². The predicted molar refractivity (Wildman–Crippen MR) is 75.1 cm³/mol. The van der Waals surface area contributed by atoms with E-state index in [0.717, 1.165) is 12.2 Å². The SMILES string of the molecule is COCCOc1ccccc1C(C)(C)CC(C)N. The zero-order chi connectivity index (χ0) is 13.6. The summed E-state index contributed by atoms with van der Waals surface area (Å²) in [4.78, 5) is 0. The molecule has 3 nitrogen and oxygen atoms in total. The summed E-state index contributed by atoms with van der Waals surface area (Å²) in [5.41, 5.74) is 7.15. The number of hydrogen-bond donors (Lipinski definition) is 1. The second kappa shape index (κ2) is 6.76. The third-order valence-corrected chi connectivity index (χ3v) is 2.99. The lowest BCUT2D eigenvalue weighted by molar-refractivity contribution is 0.145. The van der Waals surface area contributed by atoms with E-state index in [0.29, 0.717) is 13.2 Å². The maximum absolute atomic E-state index is 5.93. The van der Waals surface area contributed by atoms with Crippen molar-refractivity contribution in [2.75, 3.05) is 20.3 Å². The molecule has 0 radical (unpaired) electrons. The number of benzene rings is 1. The fourth-order valence-electron chi connectivity index (χ4n) is 2.30. The van der Waals surface area contributed by atoms with E-state index in [1.807, 2.05) is 25.1 Å². The number of hydrogen-bond acceptors (Lipinski definition) is 3. The molecule has 18 heavy (non-hydrogen) atoms. The summed E-state index contributed by atoms with van der Waals surface area (Å²) in [6.45, 7) is 7.61. The first-order valence-corrected chi connectivity index (χ1v) is 6.44. The molecule has 102 valence electrons. The first-order chi connectivity index (χ1) is 8.47. The van der Waals surface area contributed by atoms with Crippen LogP contribution in [0.4, 0.5) is 0 Å². The van der Waals surface area contributed by atoms with Gasteiger partial charge in [-0.15, -0.1) is 0 Å². The molecule has 0 fully saturated rings. The molecule has 3 heteroatoms. The zero-order valence-corrected chi connectivity index (χ0v) is 11.9. The number of methoxy groups -OCH3 is 1. The third kappa shape index (κ3) is 4.31. The van der Waals surface area contributed by atoms with Crippen molar-refractivity contribution in [3.8, 4) is 5.75 Å². The standard InChI is InChI=1S/C15H25NO2/c1-12(16)11-15(2,3)13-7-5-6-8-14(13)18-10-9-17-4/h5-8,12H,9-11,16H2,1-4H3. The lowest BCUT2D eigenvalue weighted by Gasteiger charge is -2.29. The Labute approximate surface area is 110 Å². The van der Waals surface area contributed by atoms with Gasteiger partial charge in [0.15, 0.2) is 0 Å². The molecule has 1 unspecified atom stereocenters. The Morgan fingerprint density at radius 3 is 2.50 bits per heavy atom. The molecule has 2 N–H and O–H groups in total. The van der Waals surface area contributed by atoms with E-state index in [-0.39, 0.29) is 11.5 Å². The molecule has 1 aromatic carbocycles. The third-order valence-electron chi connectivity index (χ3n) is 2.99. The molecule has 1 aromatic rings. The van der Waals surface area contributed by atoms with Crippen molar-refractivity contribution in [1.82, 2.24) is 0 Å². The highest BCUT2D eigenvalue weighted by molar-refractivity contribution is 5.38. The summed E-state index contributed by atoms with van der Waals surface area (Å²) in [5, 5.41) is 0. The molecule has 0 saturated heterocycles. The van der Waals surface area contributed by atoms with Crippen LogP contribution in [0.2, 0.25) is 0 Å². The smallest absolute Gasteiger partial charge is 0.123 e. The van der Waals surface area contributed by atoms with Gasteiger partial charge in [0.2, 0.25) is 0 Å². The van der Waals surface area contributed by atoms with Crippen molar-refractivity contribution in [2.45, 2.75) is 38.6 Å². The van der Waals surface area contributed by atoms with E-state index in [1.54, 1.807) is 7.11 Å². The van der Waals surface area contributed by atoms with Crippen LogP contribution in [-0.2, 0) is 10.2 Å². The Kier molecular flexibility index (Phi) is 5.63. The van der Waals surface area contributed by atoms with Crippen LogP contribution < -0.4 is 10.5 Å². The van der Waals surface area contributed by atoms with Crippen LogP contribution in [0.25, 0.3) is 0 Å². The first-order valence-electron chi connectivity index (χ1n) is 6.44. The van der Waals surface area contributed by atoms with Crippen molar-refractivity contribution >= 4 is 0 Å². The van der Waals surface area contributed by atoms with E-state index in [1.165, 1.54) is 5.56 Å². The Morgan fingerprint density at radius 1 is 1.22 bits per heavy atom. The Bertz CT molecular complexity index is 361. The van der Waals surface area contributed by atoms with Crippen LogP contribution in [0.3, 0.4) is 0 Å². The quantitative estimate of drug-likeness (QED) is 0.758. The van der Waals surface area contributed by atoms with E-state index >= 15 is 0 Å². The minimum absolute atomic E-state index is 0.0117. The van der Waals surface area contributed by atoms with Gasteiger partial charge in [0, 0.05) is 13.2 Å². The highest BCUT2D eigenvalue weighted by Crippen LogP contribution is 2.34. The molecule has 0 saturated carbocycles. The van der Waals surface area contributed by atoms with Crippen LogP contribution in [0.1, 0.15) is 32.8 Å². The Hall–Kier alpha value is -1.06. The molecule has 0 aliphatic heterocycles. The minimum Gasteiger partial charge on any atom is -0.491 e. The van der Waals surface area contributed by atoms with Crippen LogP contribution in [0.5, 0.6) is 5.75 Å². The fourth-order valence-corrected chi connectivity index (χ4v) is 2.30. The van der Waals surface area contributed by atoms with Gasteiger partial charge in [0.1, 0.15) is 12.4 Å². The van der Waals surface area contributed by atoms with Crippen LogP contribution in [-0.4, -0.2) is 26.4 Å². The molecule has 1 rings (SSSR count). The van der Waals surface area contributed by atoms with Crippen LogP contribution in [0, 0.1) is 0 Å². The summed E-state index contributed by atoms with van der Waals surface area (Å²) < 4.78 is 10.8. The summed E-state index contributed by atoms with van der Waals surface area (Å²) in [5.74, 6) is 0.931. The zero-order valence-electron chi connectivity index (χ0n) is 11.9. The molecular weight excluding hydrogens is 226 g/mol. The Morgan fingerprint density at radius 2 is 1.89 bits per heavy atom. The van der Waals surface area contributed by atoms with Crippen molar-refractivity contribution in [1.29, 1.82) is 0 Å². The molecule has 1 atom stereocenters. The average molecular weight is 251 g/mol. The highest BCUT2D eigenvalue weighted by Gasteiger charge is 2.25. The summed E-state index contributed by atoms with van der Waals surface area (Å²) in [6, 6.07) is 8.33. The topological polar surface area (TPSA) is 44.5 Å². The maximum atomic E-state index is 5.93. The number of nitrogens with two attached hydrogens (primary N) is 1. The van der Waals surface area contributed by atoms with Gasteiger partial charge in [-0.1, -0.05) is 32.0 Å². The highest BCUT2D eigenvalue weighted by atomic mass is 16.5. The van der Waals surface area contributed by atoms with Gasteiger partial charge in [-0.2, -0.15) is 0 Å². The first kappa shape index (κ1) is 15.0. The number of rotatable bonds is 7. The Balaban J connectivity index is 2.86. The fraction of sp³-hybridized carbons (Fsp3) is 0.600. The lowest BCUT2D eigenvalue weighted by Crippen LogP contribution is -2.28. The summed E-state index contributed by atoms with van der Waals surface area (Å²) >= 11 is 0. The lowest BCUT2D eigenvalue weighted by atomic mass is 9.79. The summed E-state index contributed by atoms with van der Waals surface area (Å²) in [6.07, 6.45) is 0.928. The molecule has 0 aliphatic rings. The molecule has 0 aliphatic carbocycles. The largest absolute Gasteiger partial charge is 0.491 e. The average Bonchev–Trinajstić information content (AvgIpc) is 2.28. The van der Waals surface area contributed by atoms with Crippen LogP contribution in [0.15, 0.2) is 24.3 Å². The van der Waals surface area contributed by atoms with Crippen molar-refractivity contribution < 1.29 is 9.47 Å². The van der Waals surface area contributed by atoms with Gasteiger partial charge in [0.05, 0.1) is 6.61 Å². The minimum atomic E-state index is 0.0117. The monoisotopic (exact) mass is 251 g/mol. The molecule has 0 amide bonds. The molecule has 0 aromatic heterocycles. The molecule has 0 bridgehead atoms.